The highest BCUT2D eigenvalue weighted by atomic mass is 35.5. The zero-order valence-corrected chi connectivity index (χ0v) is 20.2. The number of rotatable bonds is 7. The van der Waals surface area contributed by atoms with Crippen LogP contribution < -0.4 is 10.6 Å². The Bertz CT molecular complexity index is 830. The van der Waals surface area contributed by atoms with Gasteiger partial charge in [-0.1, -0.05) is 43.2 Å². The van der Waals surface area contributed by atoms with Crippen LogP contribution in [0.15, 0.2) is 39.7 Å². The van der Waals surface area contributed by atoms with Gasteiger partial charge in [-0.2, -0.15) is 0 Å². The molecule has 0 saturated carbocycles. The monoisotopic (exact) mass is 460 g/mol. The van der Waals surface area contributed by atoms with Crippen LogP contribution in [0.3, 0.4) is 0 Å². The van der Waals surface area contributed by atoms with E-state index in [1.807, 2.05) is 6.08 Å². The molecule has 1 heterocycles. The third-order valence-corrected chi connectivity index (χ3v) is 7.84. The summed E-state index contributed by atoms with van der Waals surface area (Å²) in [5.74, 6) is 1.63. The first-order chi connectivity index (χ1) is 15.4. The molecule has 0 bridgehead atoms. The molecule has 6 unspecified atom stereocenters. The van der Waals surface area contributed by atoms with Crippen molar-refractivity contribution in [2.75, 3.05) is 13.1 Å². The van der Waals surface area contributed by atoms with Crippen molar-refractivity contribution in [2.45, 2.75) is 77.4 Å². The van der Waals surface area contributed by atoms with Gasteiger partial charge in [0, 0.05) is 49.3 Å². The number of halogens is 2. The molecule has 0 saturated heterocycles. The van der Waals surface area contributed by atoms with Crippen LogP contribution in [0.2, 0.25) is 0 Å². The molecule has 0 aromatic carbocycles. The van der Waals surface area contributed by atoms with E-state index in [0.717, 1.165) is 51.1 Å². The lowest BCUT2D eigenvalue weighted by Crippen LogP contribution is -2.55. The van der Waals surface area contributed by atoms with Gasteiger partial charge < -0.3 is 5.41 Å². The van der Waals surface area contributed by atoms with Gasteiger partial charge in [0.2, 0.25) is 0 Å². The van der Waals surface area contributed by atoms with Crippen molar-refractivity contribution < 1.29 is 4.39 Å². The highest BCUT2D eigenvalue weighted by Gasteiger charge is 2.34. The van der Waals surface area contributed by atoms with Crippen molar-refractivity contribution in [2.24, 2.45) is 28.7 Å². The minimum Gasteiger partial charge on any atom is -0.305 e. The van der Waals surface area contributed by atoms with Crippen LogP contribution in [0, 0.1) is 29.1 Å². The highest BCUT2D eigenvalue weighted by Crippen LogP contribution is 2.38. The average molecular weight is 461 g/mol. The zero-order chi connectivity index (χ0) is 22.7. The molecular formula is C26H38ClFN4. The lowest BCUT2D eigenvalue weighted by Gasteiger charge is -2.38. The Morgan fingerprint density at radius 1 is 1.25 bits per heavy atom. The van der Waals surface area contributed by atoms with Gasteiger partial charge in [0.25, 0.3) is 0 Å². The van der Waals surface area contributed by atoms with E-state index in [1.54, 1.807) is 0 Å². The molecule has 3 aliphatic carbocycles. The summed E-state index contributed by atoms with van der Waals surface area (Å²) in [6.07, 6.45) is 13.9. The first kappa shape index (κ1) is 23.8. The molecule has 6 heteroatoms. The Morgan fingerprint density at radius 3 is 2.81 bits per heavy atom. The van der Waals surface area contributed by atoms with E-state index in [2.05, 4.69) is 41.6 Å². The summed E-state index contributed by atoms with van der Waals surface area (Å²) in [5, 5.41) is 16.5. The van der Waals surface area contributed by atoms with E-state index in [1.165, 1.54) is 17.7 Å². The quantitative estimate of drug-likeness (QED) is 0.327. The number of hydrogen-bond acceptors (Lipinski definition) is 4. The highest BCUT2D eigenvalue weighted by molar-refractivity contribution is 6.29. The fourth-order valence-corrected chi connectivity index (χ4v) is 6.14. The van der Waals surface area contributed by atoms with Crippen LogP contribution in [0.4, 0.5) is 4.39 Å². The second-order valence-corrected chi connectivity index (χ2v) is 10.8. The van der Waals surface area contributed by atoms with Gasteiger partial charge in [0.15, 0.2) is 0 Å². The van der Waals surface area contributed by atoms with Crippen molar-refractivity contribution in [3.8, 4) is 0 Å². The van der Waals surface area contributed by atoms with Gasteiger partial charge in [-0.05, 0) is 62.4 Å². The molecule has 0 fully saturated rings. The van der Waals surface area contributed by atoms with Gasteiger partial charge in [-0.15, -0.1) is 0 Å². The molecule has 0 spiro atoms. The van der Waals surface area contributed by atoms with Crippen LogP contribution in [0.5, 0.6) is 0 Å². The standard InChI is InChI=1S/C26H38ClFN4/c1-16-10-17(2)12-19(11-16)18-5-8-25(29)22(13-18)26(31-15-21-4-3-9-30-21)32-20-6-7-24(28)23(27)14-20/h5,8,11,16-18,20,22,26,29,31-32H,3-4,6-7,9-10,12-15H2,1-2H3. The number of nitrogens with zero attached hydrogens (tertiary/aromatic N) is 1. The Morgan fingerprint density at radius 2 is 2.09 bits per heavy atom. The lowest BCUT2D eigenvalue weighted by atomic mass is 9.73. The molecule has 0 aromatic heterocycles. The Balaban J connectivity index is 1.49. The first-order valence-electron chi connectivity index (χ1n) is 12.4. The van der Waals surface area contributed by atoms with Crippen molar-refractivity contribution in [3.05, 3.63) is 34.7 Å². The predicted octanol–water partition coefficient (Wildman–Crippen LogP) is 5.90. The minimum absolute atomic E-state index is 0.0482. The van der Waals surface area contributed by atoms with Gasteiger partial charge in [-0.25, -0.2) is 4.39 Å². The molecule has 0 amide bonds. The van der Waals surface area contributed by atoms with Crippen molar-refractivity contribution in [3.63, 3.8) is 0 Å². The maximum Gasteiger partial charge on any atom is 0.114 e. The van der Waals surface area contributed by atoms with Crippen LogP contribution in [-0.2, 0) is 0 Å². The fraction of sp³-hybridized carbons (Fsp3) is 0.692. The summed E-state index contributed by atoms with van der Waals surface area (Å²) in [5.41, 5.74) is 3.42. The Labute approximate surface area is 197 Å². The van der Waals surface area contributed by atoms with Crippen LogP contribution in [0.25, 0.3) is 0 Å². The number of nitrogens with one attached hydrogen (secondary N) is 3. The Kier molecular flexibility index (Phi) is 8.01. The summed E-state index contributed by atoms with van der Waals surface area (Å²) in [7, 11) is 0. The van der Waals surface area contributed by atoms with Crippen LogP contribution in [0.1, 0.15) is 65.2 Å². The normalized spacial score (nSPS) is 34.5. The number of hydrogen-bond donors (Lipinski definition) is 3. The summed E-state index contributed by atoms with van der Waals surface area (Å²) in [6.45, 7) is 6.34. The van der Waals surface area contributed by atoms with Crippen molar-refractivity contribution >= 4 is 23.0 Å². The Hall–Kier alpha value is -1.30. The van der Waals surface area contributed by atoms with E-state index >= 15 is 0 Å². The molecule has 3 N–H and O–H groups in total. The molecule has 176 valence electrons. The smallest absolute Gasteiger partial charge is 0.114 e. The molecule has 32 heavy (non-hydrogen) atoms. The summed E-state index contributed by atoms with van der Waals surface area (Å²) < 4.78 is 13.8. The third kappa shape index (κ3) is 5.98. The maximum atomic E-state index is 13.8. The van der Waals surface area contributed by atoms with Gasteiger partial charge in [-0.3, -0.25) is 15.6 Å². The van der Waals surface area contributed by atoms with Gasteiger partial charge in [0.05, 0.1) is 11.2 Å². The average Bonchev–Trinajstić information content (AvgIpc) is 3.27. The number of aliphatic imine (C=N–C) groups is 1. The summed E-state index contributed by atoms with van der Waals surface area (Å²) in [4.78, 5) is 4.62. The van der Waals surface area contributed by atoms with Crippen molar-refractivity contribution in [1.29, 1.82) is 5.41 Å². The van der Waals surface area contributed by atoms with E-state index < -0.39 is 0 Å². The van der Waals surface area contributed by atoms with Gasteiger partial charge >= 0.3 is 0 Å². The van der Waals surface area contributed by atoms with E-state index in [4.69, 9.17) is 17.0 Å². The van der Waals surface area contributed by atoms with Crippen LogP contribution >= 0.6 is 11.6 Å². The minimum atomic E-state index is -0.171. The largest absolute Gasteiger partial charge is 0.305 e. The molecule has 4 rings (SSSR count). The second kappa shape index (κ2) is 10.8. The third-order valence-electron chi connectivity index (χ3n) is 7.48. The van der Waals surface area contributed by atoms with Crippen LogP contribution in [-0.4, -0.2) is 36.7 Å². The van der Waals surface area contributed by atoms with E-state index in [0.29, 0.717) is 35.4 Å². The number of allylic oxidation sites excluding steroid dienone is 5. The molecule has 4 aliphatic rings. The lowest BCUT2D eigenvalue weighted by molar-refractivity contribution is 0.285. The zero-order valence-electron chi connectivity index (χ0n) is 19.5. The molecule has 1 aliphatic heterocycles. The summed E-state index contributed by atoms with van der Waals surface area (Å²) >= 11 is 6.16. The van der Waals surface area contributed by atoms with Gasteiger partial charge in [0.1, 0.15) is 5.83 Å². The molecule has 0 radical (unpaired) electrons. The molecule has 4 nitrogen and oxygen atoms in total. The SMILES string of the molecule is CC1C=C(C2C=CC(=N)C(C(NCC3=NCCC3)NC3CCC(F)=C(Cl)C3)C2)CC(C)C1. The fourth-order valence-electron chi connectivity index (χ4n) is 5.86. The summed E-state index contributed by atoms with van der Waals surface area (Å²) in [6, 6.07) is 0.121. The van der Waals surface area contributed by atoms with E-state index in [9.17, 15) is 4.39 Å². The molecular weight excluding hydrogens is 423 g/mol. The predicted molar refractivity (Wildman–Crippen MR) is 132 cm³/mol. The molecule has 6 atom stereocenters. The topological polar surface area (TPSA) is 60.3 Å². The van der Waals surface area contributed by atoms with Crippen molar-refractivity contribution in [1.82, 2.24) is 10.6 Å². The second-order valence-electron chi connectivity index (χ2n) is 10.4. The maximum absolute atomic E-state index is 13.8. The molecule has 0 aromatic rings. The first-order valence-corrected chi connectivity index (χ1v) is 12.8. The van der Waals surface area contributed by atoms with E-state index in [-0.39, 0.29) is 24.0 Å².